The number of unbranched alkanes of at least 4 members (excludes halogenated alkanes) is 10. The quantitative estimate of drug-likeness (QED) is 0.341. The summed E-state index contributed by atoms with van der Waals surface area (Å²) in [5.41, 5.74) is 0. The number of rotatable bonds is 14. The Labute approximate surface area is 139 Å². The third kappa shape index (κ3) is 9.82. The van der Waals surface area contributed by atoms with Crippen LogP contribution in [-0.4, -0.2) is 30.7 Å². The van der Waals surface area contributed by atoms with Crippen molar-refractivity contribution in [2.24, 2.45) is 0 Å². The van der Waals surface area contributed by atoms with Crippen molar-refractivity contribution in [2.75, 3.05) is 26.2 Å². The topological polar surface area (TPSA) is 0 Å². The lowest BCUT2D eigenvalue weighted by Crippen LogP contribution is -3.00. The van der Waals surface area contributed by atoms with Crippen LogP contribution in [0.4, 0.5) is 0 Å². The van der Waals surface area contributed by atoms with Crippen LogP contribution in [0.25, 0.3) is 0 Å². The molecular weight excluding hydrogens is 273 g/mol. The van der Waals surface area contributed by atoms with Gasteiger partial charge in [0, 0.05) is 12.8 Å². The van der Waals surface area contributed by atoms with E-state index in [1.807, 2.05) is 0 Å². The molecule has 0 aromatic heterocycles. The molecule has 1 fully saturated rings. The van der Waals surface area contributed by atoms with Crippen LogP contribution in [0.3, 0.4) is 0 Å². The zero-order valence-electron chi connectivity index (χ0n) is 15.6. The highest BCUT2D eigenvalue weighted by Gasteiger charge is 2.30. The zero-order chi connectivity index (χ0) is 15.2. The van der Waals surface area contributed by atoms with Gasteiger partial charge in [-0.05, 0) is 19.3 Å². The summed E-state index contributed by atoms with van der Waals surface area (Å²) in [5, 5.41) is 0. The largest absolute Gasteiger partial charge is 1.00 e. The van der Waals surface area contributed by atoms with Crippen molar-refractivity contribution in [3.05, 3.63) is 0 Å². The van der Waals surface area contributed by atoms with Crippen molar-refractivity contribution in [3.8, 4) is 0 Å². The van der Waals surface area contributed by atoms with E-state index < -0.39 is 0 Å². The smallest absolute Gasteiger partial charge is 0.0788 e. The first-order valence-electron chi connectivity index (χ1n) is 10.2. The van der Waals surface area contributed by atoms with Gasteiger partial charge in [-0.15, -0.1) is 0 Å². The molecule has 1 aliphatic rings. The summed E-state index contributed by atoms with van der Waals surface area (Å²) in [7, 11) is 0. The maximum atomic E-state index is 2.34. The van der Waals surface area contributed by atoms with Gasteiger partial charge in [-0.3, -0.25) is 0 Å². The molecule has 1 rings (SSSR count). The van der Waals surface area contributed by atoms with Gasteiger partial charge in [-0.25, -0.2) is 0 Å². The minimum absolute atomic E-state index is 0. The van der Waals surface area contributed by atoms with E-state index in [1.165, 1.54) is 121 Å². The Balaban J connectivity index is 0.00000441. The number of likely N-dealkylation sites (tertiary alicyclic amines) is 1. The lowest BCUT2D eigenvalue weighted by Gasteiger charge is -2.34. The highest BCUT2D eigenvalue weighted by Crippen LogP contribution is 2.22. The van der Waals surface area contributed by atoms with Crippen LogP contribution in [0.2, 0.25) is 0 Å². The summed E-state index contributed by atoms with van der Waals surface area (Å²) in [5.74, 6) is 0. The Hall–Kier alpha value is -0.110. The second-order valence-corrected chi connectivity index (χ2v) is 7.48. The molecule has 0 radical (unpaired) electrons. The molecule has 22 heavy (non-hydrogen) atoms. The summed E-state index contributed by atoms with van der Waals surface area (Å²) in [6, 6.07) is 0. The Kier molecular flexibility index (Phi) is 14.4. The highest BCUT2D eigenvalue weighted by atomic mass is 19.0. The van der Waals surface area contributed by atoms with Gasteiger partial charge in [0.2, 0.25) is 0 Å². The Morgan fingerprint density at radius 2 is 0.955 bits per heavy atom. The zero-order valence-corrected chi connectivity index (χ0v) is 15.6. The van der Waals surface area contributed by atoms with Gasteiger partial charge in [0.15, 0.2) is 0 Å². The second kappa shape index (κ2) is 14.5. The van der Waals surface area contributed by atoms with Gasteiger partial charge in [0.05, 0.1) is 26.2 Å². The summed E-state index contributed by atoms with van der Waals surface area (Å²) >= 11 is 0. The number of nitrogens with zero attached hydrogens (tertiary/aromatic N) is 1. The average Bonchev–Trinajstić information content (AvgIpc) is 2.96. The van der Waals surface area contributed by atoms with E-state index in [-0.39, 0.29) is 4.70 Å². The molecule has 1 saturated heterocycles. The number of hydrogen-bond donors (Lipinski definition) is 0. The van der Waals surface area contributed by atoms with E-state index in [0.29, 0.717) is 0 Å². The molecule has 1 nitrogen and oxygen atoms in total. The molecule has 0 aromatic carbocycles. The minimum atomic E-state index is 0. The molecule has 0 bridgehead atoms. The fraction of sp³-hybridized carbons (Fsp3) is 1.00. The Morgan fingerprint density at radius 1 is 0.545 bits per heavy atom. The van der Waals surface area contributed by atoms with Crippen molar-refractivity contribution in [3.63, 3.8) is 0 Å². The van der Waals surface area contributed by atoms with E-state index in [4.69, 9.17) is 0 Å². The maximum absolute atomic E-state index is 2.34. The first-order valence-corrected chi connectivity index (χ1v) is 10.2. The summed E-state index contributed by atoms with van der Waals surface area (Å²) < 4.78 is 1.48. The molecule has 0 saturated carbocycles. The summed E-state index contributed by atoms with van der Waals surface area (Å²) in [6.07, 6.45) is 20.5. The van der Waals surface area contributed by atoms with Gasteiger partial charge >= 0.3 is 0 Å². The maximum Gasteiger partial charge on any atom is 0.0788 e. The van der Waals surface area contributed by atoms with Gasteiger partial charge in [0.1, 0.15) is 0 Å². The van der Waals surface area contributed by atoms with Crippen LogP contribution >= 0.6 is 0 Å². The molecule has 1 heterocycles. The van der Waals surface area contributed by atoms with Crippen LogP contribution in [0.15, 0.2) is 0 Å². The number of hydrogen-bond acceptors (Lipinski definition) is 0. The molecule has 0 amide bonds. The van der Waals surface area contributed by atoms with Crippen molar-refractivity contribution >= 4 is 0 Å². The predicted octanol–water partition coefficient (Wildman–Crippen LogP) is 3.32. The molecule has 0 atom stereocenters. The fourth-order valence-corrected chi connectivity index (χ4v) is 3.99. The fourth-order valence-electron chi connectivity index (χ4n) is 3.99. The van der Waals surface area contributed by atoms with Crippen molar-refractivity contribution in [2.45, 2.75) is 104 Å². The number of halogens is 1. The van der Waals surface area contributed by atoms with Crippen molar-refractivity contribution in [1.82, 2.24) is 0 Å². The normalized spacial score (nSPS) is 16.6. The van der Waals surface area contributed by atoms with E-state index >= 15 is 0 Å². The molecule has 134 valence electrons. The lowest BCUT2D eigenvalue weighted by atomic mass is 10.1. The molecular formula is C20H42FN. The predicted molar refractivity (Wildman–Crippen MR) is 95.7 cm³/mol. The first kappa shape index (κ1) is 21.9. The van der Waals surface area contributed by atoms with E-state index in [2.05, 4.69) is 13.8 Å². The van der Waals surface area contributed by atoms with E-state index in [1.54, 1.807) is 0 Å². The third-order valence-corrected chi connectivity index (χ3v) is 5.49. The summed E-state index contributed by atoms with van der Waals surface area (Å²) in [6.45, 7) is 10.6. The minimum Gasteiger partial charge on any atom is -1.00 e. The molecule has 0 spiro atoms. The SMILES string of the molecule is CCCCCCCCCCCC[N+]1(CCCC)CCCC1.[F-]. The van der Waals surface area contributed by atoms with Gasteiger partial charge in [-0.1, -0.05) is 71.6 Å². The van der Waals surface area contributed by atoms with Crippen LogP contribution in [0.1, 0.15) is 104 Å². The monoisotopic (exact) mass is 315 g/mol. The molecule has 1 aliphatic heterocycles. The van der Waals surface area contributed by atoms with Gasteiger partial charge in [0.25, 0.3) is 0 Å². The average molecular weight is 316 g/mol. The Morgan fingerprint density at radius 3 is 1.45 bits per heavy atom. The molecule has 2 heteroatoms. The van der Waals surface area contributed by atoms with Crippen LogP contribution in [0, 0.1) is 0 Å². The standard InChI is InChI=1S/C20H42N.FH/c1-3-5-7-8-9-10-11-12-13-14-18-21(17-6-4-2)19-15-16-20-21;/h3-20H2,1-2H3;1H/q+1;/p-1. The van der Waals surface area contributed by atoms with Crippen LogP contribution < -0.4 is 4.70 Å². The Bertz CT molecular complexity index is 224. The van der Waals surface area contributed by atoms with Crippen molar-refractivity contribution < 1.29 is 9.19 Å². The van der Waals surface area contributed by atoms with Gasteiger partial charge in [-0.2, -0.15) is 0 Å². The molecule has 0 aromatic rings. The molecule has 0 aliphatic carbocycles. The lowest BCUT2D eigenvalue weighted by molar-refractivity contribution is -0.917. The molecule has 0 N–H and O–H groups in total. The first-order chi connectivity index (χ1) is 10.3. The molecule has 0 unspecified atom stereocenters. The van der Waals surface area contributed by atoms with Crippen LogP contribution in [0.5, 0.6) is 0 Å². The van der Waals surface area contributed by atoms with Crippen molar-refractivity contribution in [1.29, 1.82) is 0 Å². The summed E-state index contributed by atoms with van der Waals surface area (Å²) in [4.78, 5) is 0. The van der Waals surface area contributed by atoms with E-state index in [9.17, 15) is 0 Å². The second-order valence-electron chi connectivity index (χ2n) is 7.48. The third-order valence-electron chi connectivity index (χ3n) is 5.49. The highest BCUT2D eigenvalue weighted by molar-refractivity contribution is 4.56. The van der Waals surface area contributed by atoms with Gasteiger partial charge < -0.3 is 9.19 Å². The van der Waals surface area contributed by atoms with Crippen LogP contribution in [-0.2, 0) is 0 Å². The number of quaternary nitrogens is 1. The van der Waals surface area contributed by atoms with E-state index in [0.717, 1.165) is 0 Å².